The van der Waals surface area contributed by atoms with Crippen molar-refractivity contribution in [1.29, 1.82) is 0 Å². The average molecular weight is 238 g/mol. The molecule has 0 aliphatic rings. The van der Waals surface area contributed by atoms with Crippen LogP contribution in [0.5, 0.6) is 0 Å². The minimum atomic E-state index is -0.186. The van der Waals surface area contributed by atoms with E-state index < -0.39 is 0 Å². The molecule has 0 amide bonds. The van der Waals surface area contributed by atoms with Gasteiger partial charge in [-0.15, -0.1) is 11.3 Å². The van der Waals surface area contributed by atoms with Gasteiger partial charge in [-0.3, -0.25) is 5.32 Å². The Morgan fingerprint density at radius 2 is 2.50 bits per heavy atom. The smallest absolute Gasteiger partial charge is 0.123 e. The first kappa shape index (κ1) is 11.3. The van der Waals surface area contributed by atoms with E-state index in [9.17, 15) is 5.11 Å². The highest BCUT2D eigenvalue weighted by atomic mass is 32.1. The van der Waals surface area contributed by atoms with Crippen LogP contribution < -0.4 is 5.32 Å². The van der Waals surface area contributed by atoms with Gasteiger partial charge < -0.3 is 9.52 Å². The summed E-state index contributed by atoms with van der Waals surface area (Å²) in [7, 11) is 0. The molecular weight excluding hydrogens is 224 g/mol. The zero-order valence-electron chi connectivity index (χ0n) is 8.96. The number of hydrogen-bond donors (Lipinski definition) is 2. The quantitative estimate of drug-likeness (QED) is 0.837. The van der Waals surface area contributed by atoms with Crippen molar-refractivity contribution >= 4 is 11.3 Å². The summed E-state index contributed by atoms with van der Waals surface area (Å²) in [5, 5.41) is 15.5. The third-order valence-electron chi connectivity index (χ3n) is 2.34. The van der Waals surface area contributed by atoms with Crippen LogP contribution in [0.15, 0.2) is 34.4 Å². The number of aromatic nitrogens is 1. The van der Waals surface area contributed by atoms with Gasteiger partial charge in [0.15, 0.2) is 0 Å². The van der Waals surface area contributed by atoms with E-state index in [2.05, 4.69) is 10.3 Å². The second-order valence-electron chi connectivity index (χ2n) is 3.51. The molecular formula is C11H14N2O2S. The molecule has 16 heavy (non-hydrogen) atoms. The van der Waals surface area contributed by atoms with Gasteiger partial charge in [0.25, 0.3) is 0 Å². The fraction of sp³-hybridized carbons (Fsp3) is 0.364. The van der Waals surface area contributed by atoms with Gasteiger partial charge in [0.1, 0.15) is 10.8 Å². The number of rotatable bonds is 5. The Hall–Kier alpha value is -1.17. The highest BCUT2D eigenvalue weighted by molar-refractivity contribution is 7.09. The summed E-state index contributed by atoms with van der Waals surface area (Å²) in [5.41, 5.74) is 0. The number of aliphatic hydroxyl groups is 1. The second kappa shape index (κ2) is 5.25. The normalized spacial score (nSPS) is 14.9. The lowest BCUT2D eigenvalue weighted by Gasteiger charge is -2.18. The third-order valence-corrected chi connectivity index (χ3v) is 3.30. The van der Waals surface area contributed by atoms with Crippen LogP contribution in [-0.2, 0) is 0 Å². The Labute approximate surface area is 97.9 Å². The van der Waals surface area contributed by atoms with E-state index in [1.165, 1.54) is 0 Å². The van der Waals surface area contributed by atoms with Crippen molar-refractivity contribution in [3.8, 4) is 0 Å². The van der Waals surface area contributed by atoms with Crippen LogP contribution in [-0.4, -0.2) is 16.7 Å². The maximum Gasteiger partial charge on any atom is 0.123 e. The van der Waals surface area contributed by atoms with Crippen molar-refractivity contribution in [3.63, 3.8) is 0 Å². The SMILES string of the molecule is CC(NC(CO)c1ccco1)c1nccs1. The van der Waals surface area contributed by atoms with Gasteiger partial charge in [0.05, 0.1) is 25.0 Å². The molecule has 0 spiro atoms. The molecule has 0 saturated heterocycles. The Morgan fingerprint density at radius 3 is 3.06 bits per heavy atom. The number of thiazole rings is 1. The van der Waals surface area contributed by atoms with E-state index in [-0.39, 0.29) is 18.7 Å². The summed E-state index contributed by atoms with van der Waals surface area (Å²) in [6.45, 7) is 2.02. The first-order valence-electron chi connectivity index (χ1n) is 5.11. The molecule has 2 unspecified atom stereocenters. The van der Waals surface area contributed by atoms with Gasteiger partial charge in [0.2, 0.25) is 0 Å². The summed E-state index contributed by atoms with van der Waals surface area (Å²) < 4.78 is 5.27. The number of aliphatic hydroxyl groups excluding tert-OH is 1. The van der Waals surface area contributed by atoms with Crippen molar-refractivity contribution in [2.24, 2.45) is 0 Å². The van der Waals surface area contributed by atoms with Crippen molar-refractivity contribution < 1.29 is 9.52 Å². The molecule has 2 atom stereocenters. The molecule has 0 aliphatic carbocycles. The van der Waals surface area contributed by atoms with E-state index in [0.29, 0.717) is 0 Å². The van der Waals surface area contributed by atoms with Crippen molar-refractivity contribution in [2.75, 3.05) is 6.61 Å². The van der Waals surface area contributed by atoms with Gasteiger partial charge in [-0.25, -0.2) is 4.98 Å². The standard InChI is InChI=1S/C11H14N2O2S/c1-8(11-12-4-6-16-11)13-9(7-14)10-3-2-5-15-10/h2-6,8-9,13-14H,7H2,1H3. The molecule has 86 valence electrons. The molecule has 0 aliphatic heterocycles. The van der Waals surface area contributed by atoms with E-state index in [0.717, 1.165) is 10.8 Å². The lowest BCUT2D eigenvalue weighted by Crippen LogP contribution is -2.26. The predicted octanol–water partition coefficient (Wildman–Crippen LogP) is 2.12. The van der Waals surface area contributed by atoms with Crippen molar-refractivity contribution in [3.05, 3.63) is 40.7 Å². The summed E-state index contributed by atoms with van der Waals surface area (Å²) in [4.78, 5) is 4.23. The van der Waals surface area contributed by atoms with Crippen LogP contribution in [0.25, 0.3) is 0 Å². The van der Waals surface area contributed by atoms with Crippen molar-refractivity contribution in [2.45, 2.75) is 19.0 Å². The van der Waals surface area contributed by atoms with Gasteiger partial charge in [0, 0.05) is 11.6 Å². The maximum absolute atomic E-state index is 9.30. The Morgan fingerprint density at radius 1 is 1.62 bits per heavy atom. The number of furan rings is 1. The second-order valence-corrected chi connectivity index (χ2v) is 4.44. The van der Waals surface area contributed by atoms with E-state index >= 15 is 0 Å². The first-order valence-corrected chi connectivity index (χ1v) is 5.99. The topological polar surface area (TPSA) is 58.3 Å². The van der Waals surface area contributed by atoms with E-state index in [1.807, 2.05) is 24.4 Å². The number of nitrogens with zero attached hydrogens (tertiary/aromatic N) is 1. The Balaban J connectivity index is 2.02. The van der Waals surface area contributed by atoms with Gasteiger partial charge in [-0.2, -0.15) is 0 Å². The summed E-state index contributed by atoms with van der Waals surface area (Å²) in [6.07, 6.45) is 3.38. The minimum Gasteiger partial charge on any atom is -0.468 e. The van der Waals surface area contributed by atoms with Gasteiger partial charge in [-0.1, -0.05) is 0 Å². The molecule has 4 nitrogen and oxygen atoms in total. The van der Waals surface area contributed by atoms with Crippen molar-refractivity contribution in [1.82, 2.24) is 10.3 Å². The van der Waals surface area contributed by atoms with Crippen LogP contribution in [0.3, 0.4) is 0 Å². The fourth-order valence-electron chi connectivity index (χ4n) is 1.54. The Bertz CT molecular complexity index is 400. The molecule has 0 radical (unpaired) electrons. The van der Waals surface area contributed by atoms with Gasteiger partial charge >= 0.3 is 0 Å². The monoisotopic (exact) mass is 238 g/mol. The zero-order chi connectivity index (χ0) is 11.4. The lowest BCUT2D eigenvalue weighted by molar-refractivity contribution is 0.217. The van der Waals surface area contributed by atoms with Crippen LogP contribution in [0.1, 0.15) is 29.8 Å². The largest absolute Gasteiger partial charge is 0.468 e. The summed E-state index contributed by atoms with van der Waals surface area (Å²) in [6, 6.07) is 3.58. The van der Waals surface area contributed by atoms with Crippen LogP contribution >= 0.6 is 11.3 Å². The zero-order valence-corrected chi connectivity index (χ0v) is 9.78. The molecule has 0 bridgehead atoms. The van der Waals surface area contributed by atoms with E-state index in [1.54, 1.807) is 23.8 Å². The summed E-state index contributed by atoms with van der Waals surface area (Å²) in [5.74, 6) is 0.742. The third kappa shape index (κ3) is 2.49. The molecule has 0 fully saturated rings. The number of nitrogens with one attached hydrogen (secondary N) is 1. The average Bonchev–Trinajstić information content (AvgIpc) is 2.96. The molecule has 0 saturated carbocycles. The Kier molecular flexibility index (Phi) is 3.71. The molecule has 5 heteroatoms. The van der Waals surface area contributed by atoms with Crippen LogP contribution in [0.2, 0.25) is 0 Å². The number of hydrogen-bond acceptors (Lipinski definition) is 5. The predicted molar refractivity (Wildman–Crippen MR) is 62.2 cm³/mol. The fourth-order valence-corrected chi connectivity index (χ4v) is 2.19. The minimum absolute atomic E-state index is 0.00320. The molecule has 2 aromatic heterocycles. The molecule has 2 rings (SSSR count). The van der Waals surface area contributed by atoms with Gasteiger partial charge in [-0.05, 0) is 19.1 Å². The molecule has 2 heterocycles. The lowest BCUT2D eigenvalue weighted by atomic mass is 10.2. The molecule has 2 N–H and O–H groups in total. The molecule has 2 aromatic rings. The summed E-state index contributed by atoms with van der Waals surface area (Å²) >= 11 is 1.59. The van der Waals surface area contributed by atoms with E-state index in [4.69, 9.17) is 4.42 Å². The van der Waals surface area contributed by atoms with Crippen LogP contribution in [0.4, 0.5) is 0 Å². The molecule has 0 aromatic carbocycles. The highest BCUT2D eigenvalue weighted by Crippen LogP contribution is 2.20. The first-order chi connectivity index (χ1) is 7.81. The van der Waals surface area contributed by atoms with Crippen LogP contribution in [0, 0.1) is 0 Å². The highest BCUT2D eigenvalue weighted by Gasteiger charge is 2.17. The maximum atomic E-state index is 9.30.